The first kappa shape index (κ1) is 22.3. The second-order valence-electron chi connectivity index (χ2n) is 5.63. The summed E-state index contributed by atoms with van der Waals surface area (Å²) in [7, 11) is 1.52. The van der Waals surface area contributed by atoms with E-state index in [-0.39, 0.29) is 6.61 Å². The van der Waals surface area contributed by atoms with Crippen molar-refractivity contribution >= 4 is 46.9 Å². The number of hydrogen-bond acceptors (Lipinski definition) is 5. The first-order valence-electron chi connectivity index (χ1n) is 8.42. The van der Waals surface area contributed by atoms with Gasteiger partial charge in [0.1, 0.15) is 13.0 Å². The number of hydrazone groups is 1. The normalized spacial score (nSPS) is 10.4. The van der Waals surface area contributed by atoms with E-state index in [1.54, 1.807) is 36.4 Å². The van der Waals surface area contributed by atoms with Gasteiger partial charge in [0.25, 0.3) is 0 Å². The molecule has 0 aliphatic heterocycles. The van der Waals surface area contributed by atoms with Crippen molar-refractivity contribution in [2.75, 3.05) is 19.0 Å². The predicted octanol–water partition coefficient (Wildman–Crippen LogP) is 4.05. The van der Waals surface area contributed by atoms with E-state index in [0.717, 1.165) is 0 Å². The van der Waals surface area contributed by atoms with Gasteiger partial charge in [-0.1, -0.05) is 41.9 Å². The zero-order valence-electron chi connectivity index (χ0n) is 15.6. The number of para-hydroxylation sites is 1. The highest BCUT2D eigenvalue weighted by Gasteiger charge is 2.11. The van der Waals surface area contributed by atoms with E-state index in [2.05, 4.69) is 22.4 Å². The van der Waals surface area contributed by atoms with Crippen LogP contribution in [0.2, 0.25) is 10.0 Å². The molecule has 2 amide bonds. The number of carbonyl (C=O) groups is 2. The van der Waals surface area contributed by atoms with Gasteiger partial charge in [-0.05, 0) is 30.3 Å². The third-order valence-corrected chi connectivity index (χ3v) is 4.23. The maximum absolute atomic E-state index is 12.0. The van der Waals surface area contributed by atoms with E-state index >= 15 is 0 Å². The predicted molar refractivity (Wildman–Crippen MR) is 114 cm³/mol. The van der Waals surface area contributed by atoms with Crippen molar-refractivity contribution in [2.45, 2.75) is 6.42 Å². The first-order valence-corrected chi connectivity index (χ1v) is 9.17. The Morgan fingerprint density at radius 2 is 1.97 bits per heavy atom. The molecule has 0 radical (unpaired) electrons. The van der Waals surface area contributed by atoms with E-state index in [4.69, 9.17) is 32.7 Å². The summed E-state index contributed by atoms with van der Waals surface area (Å²) in [5, 5.41) is 7.09. The van der Waals surface area contributed by atoms with Crippen molar-refractivity contribution in [3.05, 3.63) is 64.7 Å². The van der Waals surface area contributed by atoms with Crippen molar-refractivity contribution in [1.29, 1.82) is 0 Å². The Kier molecular flexibility index (Phi) is 8.51. The van der Waals surface area contributed by atoms with Crippen LogP contribution in [0.25, 0.3) is 0 Å². The lowest BCUT2D eigenvalue weighted by molar-refractivity contribution is -0.126. The Morgan fingerprint density at radius 1 is 1.17 bits per heavy atom. The van der Waals surface area contributed by atoms with Crippen molar-refractivity contribution in [3.63, 3.8) is 0 Å². The number of methoxy groups -OCH3 is 1. The number of benzene rings is 2. The average molecular weight is 436 g/mol. The Morgan fingerprint density at radius 3 is 2.66 bits per heavy atom. The molecule has 0 spiro atoms. The van der Waals surface area contributed by atoms with E-state index < -0.39 is 18.2 Å². The largest absolute Gasteiger partial charge is 0.493 e. The molecule has 152 valence electrons. The number of rotatable bonds is 9. The molecule has 0 heterocycles. The summed E-state index contributed by atoms with van der Waals surface area (Å²) in [6.07, 6.45) is 2.58. The molecular weight excluding hydrogens is 417 g/mol. The molecule has 0 aromatic heterocycles. The molecule has 2 aromatic carbocycles. The molecule has 0 fully saturated rings. The lowest BCUT2D eigenvalue weighted by atomic mass is 10.2. The van der Waals surface area contributed by atoms with Gasteiger partial charge < -0.3 is 14.8 Å². The fourth-order valence-electron chi connectivity index (χ4n) is 2.23. The maximum atomic E-state index is 12.0. The molecule has 29 heavy (non-hydrogen) atoms. The Hall–Kier alpha value is -3.03. The van der Waals surface area contributed by atoms with Gasteiger partial charge in [0.15, 0.2) is 11.5 Å². The van der Waals surface area contributed by atoms with Gasteiger partial charge in [-0.15, -0.1) is 0 Å². The Bertz CT molecular complexity index is 932. The maximum Gasteiger partial charge on any atom is 0.249 e. The van der Waals surface area contributed by atoms with Gasteiger partial charge in [0.05, 0.1) is 23.4 Å². The van der Waals surface area contributed by atoms with Crippen LogP contribution < -0.4 is 20.2 Å². The SMILES string of the molecule is C=CCOc1c(C=NNC(=O)CC(=O)Nc2ccc(Cl)c(Cl)c2)cccc1OC. The van der Waals surface area contributed by atoms with Crippen LogP contribution >= 0.6 is 23.2 Å². The van der Waals surface area contributed by atoms with Gasteiger partial charge in [0, 0.05) is 11.3 Å². The van der Waals surface area contributed by atoms with Crippen LogP contribution in [0.3, 0.4) is 0 Å². The summed E-state index contributed by atoms with van der Waals surface area (Å²) >= 11 is 11.7. The Labute approximate surface area is 178 Å². The lowest BCUT2D eigenvalue weighted by Crippen LogP contribution is -2.24. The molecule has 0 bridgehead atoms. The quantitative estimate of drug-likeness (QED) is 0.269. The second-order valence-corrected chi connectivity index (χ2v) is 6.44. The molecular formula is C20H19Cl2N3O4. The van der Waals surface area contributed by atoms with Gasteiger partial charge in [-0.2, -0.15) is 5.10 Å². The third kappa shape index (κ3) is 6.81. The zero-order chi connectivity index (χ0) is 21.2. The summed E-state index contributed by atoms with van der Waals surface area (Å²) in [6.45, 7) is 3.88. The minimum absolute atomic E-state index is 0.280. The highest BCUT2D eigenvalue weighted by Crippen LogP contribution is 2.30. The smallest absolute Gasteiger partial charge is 0.249 e. The summed E-state index contributed by atoms with van der Waals surface area (Å²) in [6, 6.07) is 9.86. The van der Waals surface area contributed by atoms with E-state index in [1.165, 1.54) is 19.4 Å². The van der Waals surface area contributed by atoms with Crippen molar-refractivity contribution < 1.29 is 19.1 Å². The van der Waals surface area contributed by atoms with Crippen LogP contribution in [0.15, 0.2) is 54.2 Å². The van der Waals surface area contributed by atoms with Crippen LogP contribution in [-0.4, -0.2) is 31.7 Å². The Balaban J connectivity index is 1.94. The zero-order valence-corrected chi connectivity index (χ0v) is 17.1. The lowest BCUT2D eigenvalue weighted by Gasteiger charge is -2.11. The summed E-state index contributed by atoms with van der Waals surface area (Å²) in [5.74, 6) is -0.129. The molecule has 0 saturated heterocycles. The fourth-order valence-corrected chi connectivity index (χ4v) is 2.53. The number of nitrogens with one attached hydrogen (secondary N) is 2. The molecule has 0 unspecified atom stereocenters. The van der Waals surface area contributed by atoms with Crippen LogP contribution in [0, 0.1) is 0 Å². The standard InChI is InChI=1S/C20H19Cl2N3O4/c1-3-9-29-20-13(5-4-6-17(20)28-2)12-23-25-19(27)11-18(26)24-14-7-8-15(21)16(22)10-14/h3-8,10,12H,1,9,11H2,2H3,(H,24,26)(H,25,27). The number of hydrogen-bond donors (Lipinski definition) is 2. The topological polar surface area (TPSA) is 89.0 Å². The van der Waals surface area contributed by atoms with Crippen molar-refractivity contribution in [3.8, 4) is 11.5 Å². The van der Waals surface area contributed by atoms with Gasteiger partial charge in [-0.25, -0.2) is 5.43 Å². The molecule has 7 nitrogen and oxygen atoms in total. The van der Waals surface area contributed by atoms with Gasteiger partial charge >= 0.3 is 0 Å². The second kappa shape index (κ2) is 11.1. The molecule has 0 atom stereocenters. The third-order valence-electron chi connectivity index (χ3n) is 3.49. The number of halogens is 2. The first-order chi connectivity index (χ1) is 13.9. The van der Waals surface area contributed by atoms with Crippen molar-refractivity contribution in [1.82, 2.24) is 5.43 Å². The molecule has 2 N–H and O–H groups in total. The molecule has 0 saturated carbocycles. The molecule has 0 aliphatic rings. The van der Waals surface area contributed by atoms with Crippen LogP contribution in [-0.2, 0) is 9.59 Å². The van der Waals surface area contributed by atoms with E-state index in [1.807, 2.05) is 0 Å². The molecule has 9 heteroatoms. The fraction of sp³-hybridized carbons (Fsp3) is 0.150. The summed E-state index contributed by atoms with van der Waals surface area (Å²) in [4.78, 5) is 23.9. The summed E-state index contributed by atoms with van der Waals surface area (Å²) < 4.78 is 10.8. The summed E-state index contributed by atoms with van der Waals surface area (Å²) in [5.41, 5.74) is 3.32. The van der Waals surface area contributed by atoms with Crippen LogP contribution in [0.4, 0.5) is 5.69 Å². The number of carbonyl (C=O) groups excluding carboxylic acids is 2. The average Bonchev–Trinajstić information content (AvgIpc) is 2.69. The highest BCUT2D eigenvalue weighted by atomic mass is 35.5. The molecule has 0 aliphatic carbocycles. The monoisotopic (exact) mass is 435 g/mol. The molecule has 2 rings (SSSR count). The minimum atomic E-state index is -0.588. The number of ether oxygens (including phenoxy) is 2. The number of nitrogens with zero attached hydrogens (tertiary/aromatic N) is 1. The minimum Gasteiger partial charge on any atom is -0.493 e. The van der Waals surface area contributed by atoms with E-state index in [0.29, 0.717) is 32.8 Å². The van der Waals surface area contributed by atoms with Gasteiger partial charge in [-0.3, -0.25) is 9.59 Å². The van der Waals surface area contributed by atoms with Crippen LogP contribution in [0.1, 0.15) is 12.0 Å². The number of anilines is 1. The molecule has 2 aromatic rings. The van der Waals surface area contributed by atoms with E-state index in [9.17, 15) is 9.59 Å². The van der Waals surface area contributed by atoms with Crippen LogP contribution in [0.5, 0.6) is 11.5 Å². The van der Waals surface area contributed by atoms with Gasteiger partial charge in [0.2, 0.25) is 11.8 Å². The highest BCUT2D eigenvalue weighted by molar-refractivity contribution is 6.42. The van der Waals surface area contributed by atoms with Crippen molar-refractivity contribution in [2.24, 2.45) is 5.10 Å². The number of amides is 2.